The summed E-state index contributed by atoms with van der Waals surface area (Å²) in [5.74, 6) is -0.154. The lowest BCUT2D eigenvalue weighted by atomic mass is 10.0. The lowest BCUT2D eigenvalue weighted by Gasteiger charge is -2.36. The van der Waals surface area contributed by atoms with Crippen molar-refractivity contribution in [3.63, 3.8) is 0 Å². The Balaban J connectivity index is 1.40. The molecule has 1 fully saturated rings. The van der Waals surface area contributed by atoms with Crippen molar-refractivity contribution in [1.29, 1.82) is 0 Å². The van der Waals surface area contributed by atoms with Gasteiger partial charge in [-0.25, -0.2) is 0 Å². The molecule has 1 amide bonds. The third-order valence-electron chi connectivity index (χ3n) is 5.35. The number of piperazine rings is 1. The van der Waals surface area contributed by atoms with Crippen molar-refractivity contribution in [1.82, 2.24) is 4.90 Å². The third-order valence-corrected chi connectivity index (χ3v) is 5.35. The molecule has 6 heteroatoms. The summed E-state index contributed by atoms with van der Waals surface area (Å²) in [5.41, 5.74) is 1.76. The van der Waals surface area contributed by atoms with Gasteiger partial charge in [-0.15, -0.1) is 0 Å². The van der Waals surface area contributed by atoms with Gasteiger partial charge in [-0.2, -0.15) is 0 Å². The Labute approximate surface area is 175 Å². The number of carboxylic acid groups (broad SMARTS) is 1. The average Bonchev–Trinajstić information content (AvgIpc) is 2.78. The zero-order chi connectivity index (χ0) is 20.9. The van der Waals surface area contributed by atoms with E-state index < -0.39 is 5.97 Å². The molecule has 6 nitrogen and oxygen atoms in total. The molecule has 1 N–H and O–H groups in total. The molecule has 4 rings (SSSR count). The predicted octanol–water partition coefficient (Wildman–Crippen LogP) is 3.66. The second-order valence-electron chi connectivity index (χ2n) is 7.30. The molecule has 1 saturated heterocycles. The SMILES string of the molecule is O=C(O)CCOc1cccc(N2CCN(C(=O)c3cccc4ccccc34)CC2)c1. The van der Waals surface area contributed by atoms with Crippen LogP contribution in [0.25, 0.3) is 10.8 Å². The van der Waals surface area contributed by atoms with Crippen molar-refractivity contribution in [2.45, 2.75) is 6.42 Å². The van der Waals surface area contributed by atoms with Crippen LogP contribution in [0, 0.1) is 0 Å². The summed E-state index contributed by atoms with van der Waals surface area (Å²) in [6.07, 6.45) is -0.0286. The van der Waals surface area contributed by atoms with E-state index in [0.717, 1.165) is 35.1 Å². The fourth-order valence-electron chi connectivity index (χ4n) is 3.78. The Morgan fingerprint density at radius 1 is 0.900 bits per heavy atom. The van der Waals surface area contributed by atoms with Crippen LogP contribution in [0.1, 0.15) is 16.8 Å². The van der Waals surface area contributed by atoms with Gasteiger partial charge in [0.15, 0.2) is 0 Å². The summed E-state index contributed by atoms with van der Waals surface area (Å²) in [7, 11) is 0. The highest BCUT2D eigenvalue weighted by Crippen LogP contribution is 2.24. The van der Waals surface area contributed by atoms with Crippen LogP contribution in [-0.4, -0.2) is 54.7 Å². The number of carboxylic acids is 1. The van der Waals surface area contributed by atoms with Gasteiger partial charge >= 0.3 is 5.97 Å². The molecular weight excluding hydrogens is 380 g/mol. The van der Waals surface area contributed by atoms with E-state index in [9.17, 15) is 9.59 Å². The van der Waals surface area contributed by atoms with Crippen LogP contribution in [0.4, 0.5) is 5.69 Å². The van der Waals surface area contributed by atoms with Crippen LogP contribution >= 0.6 is 0 Å². The van der Waals surface area contributed by atoms with E-state index in [2.05, 4.69) is 4.90 Å². The summed E-state index contributed by atoms with van der Waals surface area (Å²) in [6, 6.07) is 21.5. The molecule has 0 atom stereocenters. The van der Waals surface area contributed by atoms with Gasteiger partial charge in [-0.1, -0.05) is 42.5 Å². The summed E-state index contributed by atoms with van der Waals surface area (Å²) in [4.78, 5) is 27.9. The van der Waals surface area contributed by atoms with Gasteiger partial charge in [0.1, 0.15) is 5.75 Å². The lowest BCUT2D eigenvalue weighted by Crippen LogP contribution is -2.48. The number of carbonyl (C=O) groups excluding carboxylic acids is 1. The van der Waals surface area contributed by atoms with Crippen molar-refractivity contribution >= 4 is 28.3 Å². The zero-order valence-corrected chi connectivity index (χ0v) is 16.7. The van der Waals surface area contributed by atoms with Crippen LogP contribution < -0.4 is 9.64 Å². The molecule has 3 aromatic carbocycles. The highest BCUT2D eigenvalue weighted by molar-refractivity contribution is 6.07. The highest BCUT2D eigenvalue weighted by atomic mass is 16.5. The number of nitrogens with zero attached hydrogens (tertiary/aromatic N) is 2. The first-order chi connectivity index (χ1) is 14.6. The molecule has 154 valence electrons. The van der Waals surface area contributed by atoms with E-state index in [1.54, 1.807) is 0 Å². The normalized spacial score (nSPS) is 14.0. The number of hydrogen-bond donors (Lipinski definition) is 1. The van der Waals surface area contributed by atoms with Gasteiger partial charge in [0.25, 0.3) is 5.91 Å². The van der Waals surface area contributed by atoms with Crippen LogP contribution in [0.5, 0.6) is 5.75 Å². The van der Waals surface area contributed by atoms with E-state index in [1.807, 2.05) is 71.6 Å². The molecule has 0 saturated carbocycles. The molecule has 0 bridgehead atoms. The summed E-state index contributed by atoms with van der Waals surface area (Å²) < 4.78 is 5.53. The molecule has 0 aliphatic carbocycles. The summed E-state index contributed by atoms with van der Waals surface area (Å²) >= 11 is 0. The van der Waals surface area contributed by atoms with Gasteiger partial charge < -0.3 is 19.6 Å². The van der Waals surface area contributed by atoms with Crippen molar-refractivity contribution in [2.75, 3.05) is 37.7 Å². The van der Waals surface area contributed by atoms with Crippen LogP contribution in [0.3, 0.4) is 0 Å². The molecule has 1 aliphatic rings. The minimum absolute atomic E-state index is 0.0286. The van der Waals surface area contributed by atoms with E-state index >= 15 is 0 Å². The molecule has 30 heavy (non-hydrogen) atoms. The maximum Gasteiger partial charge on any atom is 0.306 e. The predicted molar refractivity (Wildman–Crippen MR) is 116 cm³/mol. The van der Waals surface area contributed by atoms with Gasteiger partial charge in [0, 0.05) is 43.5 Å². The molecule has 1 aliphatic heterocycles. The topological polar surface area (TPSA) is 70.1 Å². The van der Waals surface area contributed by atoms with Gasteiger partial charge in [-0.3, -0.25) is 9.59 Å². The minimum atomic E-state index is -0.877. The minimum Gasteiger partial charge on any atom is -0.493 e. The Morgan fingerprint density at radius 2 is 1.63 bits per heavy atom. The Kier molecular flexibility index (Phi) is 5.84. The van der Waals surface area contributed by atoms with Crippen molar-refractivity contribution in [3.8, 4) is 5.75 Å². The van der Waals surface area contributed by atoms with Gasteiger partial charge in [-0.05, 0) is 29.0 Å². The van der Waals surface area contributed by atoms with Crippen LogP contribution in [0.15, 0.2) is 66.7 Å². The molecule has 1 heterocycles. The number of anilines is 1. The number of ether oxygens (including phenoxy) is 1. The van der Waals surface area contributed by atoms with E-state index in [-0.39, 0.29) is 18.9 Å². The zero-order valence-electron chi connectivity index (χ0n) is 16.7. The first-order valence-electron chi connectivity index (χ1n) is 10.1. The second kappa shape index (κ2) is 8.86. The fourth-order valence-corrected chi connectivity index (χ4v) is 3.78. The maximum absolute atomic E-state index is 13.1. The van der Waals surface area contributed by atoms with E-state index in [4.69, 9.17) is 9.84 Å². The quantitative estimate of drug-likeness (QED) is 0.679. The second-order valence-corrected chi connectivity index (χ2v) is 7.30. The maximum atomic E-state index is 13.1. The van der Waals surface area contributed by atoms with E-state index in [0.29, 0.717) is 18.8 Å². The molecule has 0 aromatic heterocycles. The largest absolute Gasteiger partial charge is 0.493 e. The lowest BCUT2D eigenvalue weighted by molar-refractivity contribution is -0.137. The van der Waals surface area contributed by atoms with Gasteiger partial charge in [0.05, 0.1) is 13.0 Å². The number of fused-ring (bicyclic) bond motifs is 1. The number of benzene rings is 3. The number of hydrogen-bond acceptors (Lipinski definition) is 4. The van der Waals surface area contributed by atoms with Gasteiger partial charge in [0.2, 0.25) is 0 Å². The van der Waals surface area contributed by atoms with Crippen molar-refractivity contribution in [3.05, 3.63) is 72.3 Å². The van der Waals surface area contributed by atoms with Crippen molar-refractivity contribution in [2.24, 2.45) is 0 Å². The first-order valence-corrected chi connectivity index (χ1v) is 10.1. The Bertz CT molecular complexity index is 1050. The summed E-state index contributed by atoms with van der Waals surface area (Å²) in [5, 5.41) is 10.8. The number of carbonyl (C=O) groups is 2. The first kappa shape index (κ1) is 19.8. The smallest absolute Gasteiger partial charge is 0.306 e. The number of amides is 1. The molecule has 0 unspecified atom stereocenters. The van der Waals surface area contributed by atoms with Crippen LogP contribution in [-0.2, 0) is 4.79 Å². The molecule has 3 aromatic rings. The Morgan fingerprint density at radius 3 is 2.43 bits per heavy atom. The standard InChI is InChI=1S/C24H24N2O4/c27-23(28)11-16-30-20-8-4-7-19(17-20)25-12-14-26(15-13-25)24(29)22-10-3-6-18-5-1-2-9-21(18)22/h1-10,17H,11-16H2,(H,27,28). The molecular formula is C24H24N2O4. The van der Waals surface area contributed by atoms with E-state index in [1.165, 1.54) is 0 Å². The molecule has 0 spiro atoms. The highest BCUT2D eigenvalue weighted by Gasteiger charge is 2.23. The molecule has 0 radical (unpaired) electrons. The van der Waals surface area contributed by atoms with Crippen LogP contribution in [0.2, 0.25) is 0 Å². The number of rotatable bonds is 6. The fraction of sp³-hybridized carbons (Fsp3) is 0.250. The monoisotopic (exact) mass is 404 g/mol. The Hall–Kier alpha value is -3.54. The number of aliphatic carboxylic acids is 1. The van der Waals surface area contributed by atoms with Crippen molar-refractivity contribution < 1.29 is 19.4 Å². The summed E-state index contributed by atoms with van der Waals surface area (Å²) in [6.45, 7) is 2.90. The third kappa shape index (κ3) is 4.38. The average molecular weight is 404 g/mol.